The number of carbonyl (C=O) groups is 2. The number of para-hydroxylation sites is 1. The first-order chi connectivity index (χ1) is 19.0. The average molecular weight is 533 g/mol. The molecule has 2 amide bonds. The Kier molecular flexibility index (Phi) is 8.53. The van der Waals surface area contributed by atoms with E-state index < -0.39 is 0 Å². The van der Waals surface area contributed by atoms with E-state index in [0.29, 0.717) is 31.9 Å². The Hall–Kier alpha value is -3.36. The summed E-state index contributed by atoms with van der Waals surface area (Å²) in [6.07, 6.45) is 3.65. The van der Waals surface area contributed by atoms with Crippen molar-refractivity contribution in [3.05, 3.63) is 65.4 Å². The number of anilines is 1. The van der Waals surface area contributed by atoms with Gasteiger partial charge in [0.25, 0.3) is 0 Å². The van der Waals surface area contributed by atoms with Crippen molar-refractivity contribution >= 4 is 28.6 Å². The molecule has 39 heavy (non-hydrogen) atoms. The molecule has 2 N–H and O–H groups in total. The molecule has 2 aliphatic rings. The van der Waals surface area contributed by atoms with Gasteiger partial charge in [-0.1, -0.05) is 30.3 Å². The highest BCUT2D eigenvalue weighted by atomic mass is 16.6. The van der Waals surface area contributed by atoms with Crippen LogP contribution < -0.4 is 10.6 Å². The Morgan fingerprint density at radius 1 is 1.15 bits per heavy atom. The summed E-state index contributed by atoms with van der Waals surface area (Å²) in [5.74, 6) is 0.432. The van der Waals surface area contributed by atoms with Crippen molar-refractivity contribution in [3.63, 3.8) is 0 Å². The quantitative estimate of drug-likeness (QED) is 0.385. The van der Waals surface area contributed by atoms with Gasteiger partial charge in [-0.3, -0.25) is 9.69 Å². The minimum absolute atomic E-state index is 0.128. The zero-order valence-corrected chi connectivity index (χ0v) is 23.1. The van der Waals surface area contributed by atoms with Gasteiger partial charge in [-0.25, -0.2) is 4.79 Å². The van der Waals surface area contributed by atoms with Crippen molar-refractivity contribution in [3.8, 4) is 0 Å². The Labute approximate surface area is 230 Å². The number of benzene rings is 2. The van der Waals surface area contributed by atoms with Crippen LogP contribution in [0.2, 0.25) is 0 Å². The first kappa shape index (κ1) is 27.2. The van der Waals surface area contributed by atoms with Crippen LogP contribution in [-0.2, 0) is 27.2 Å². The fraction of sp³-hybridized carbons (Fsp3) is 0.484. The first-order valence-corrected chi connectivity index (χ1v) is 14.1. The SMILES string of the molecule is COCCCn1c([C@@H]2CCCN(C(=O)C[C@H](N)Cc3ccc(N4CCOC4=O)cc3)C2)c(C)c2ccccc21. The highest BCUT2D eigenvalue weighted by Crippen LogP contribution is 2.36. The van der Waals surface area contributed by atoms with Crippen LogP contribution >= 0.6 is 0 Å². The van der Waals surface area contributed by atoms with Crippen LogP contribution in [0.1, 0.15) is 48.4 Å². The zero-order chi connectivity index (χ0) is 27.4. The van der Waals surface area contributed by atoms with Crippen molar-refractivity contribution in [1.82, 2.24) is 9.47 Å². The lowest BCUT2D eigenvalue weighted by atomic mass is 9.91. The second-order valence-electron chi connectivity index (χ2n) is 10.8. The molecule has 0 aliphatic carbocycles. The van der Waals surface area contributed by atoms with Gasteiger partial charge in [0.2, 0.25) is 5.91 Å². The number of likely N-dealkylation sites (tertiary alicyclic amines) is 1. The molecule has 0 saturated carbocycles. The molecule has 2 aliphatic heterocycles. The normalized spacial score (nSPS) is 18.5. The highest BCUT2D eigenvalue weighted by Gasteiger charge is 2.30. The van der Waals surface area contributed by atoms with Gasteiger partial charge in [-0.15, -0.1) is 0 Å². The Balaban J connectivity index is 1.23. The number of hydrogen-bond acceptors (Lipinski definition) is 5. The van der Waals surface area contributed by atoms with Crippen molar-refractivity contribution in [1.29, 1.82) is 0 Å². The van der Waals surface area contributed by atoms with Gasteiger partial charge in [-0.05, 0) is 61.9 Å². The number of amides is 2. The molecular formula is C31H40N4O4. The van der Waals surface area contributed by atoms with Crippen LogP contribution in [-0.4, -0.2) is 67.5 Å². The summed E-state index contributed by atoms with van der Waals surface area (Å²) < 4.78 is 12.8. The summed E-state index contributed by atoms with van der Waals surface area (Å²) in [6.45, 7) is 6.35. The molecular weight excluding hydrogens is 492 g/mol. The van der Waals surface area contributed by atoms with E-state index in [9.17, 15) is 9.59 Å². The van der Waals surface area contributed by atoms with E-state index in [0.717, 1.165) is 56.8 Å². The van der Waals surface area contributed by atoms with Crippen LogP contribution in [0.5, 0.6) is 0 Å². The number of carbonyl (C=O) groups excluding carboxylic acids is 2. The average Bonchev–Trinajstić information content (AvgIpc) is 3.50. The number of nitrogens with two attached hydrogens (primary N) is 1. The largest absolute Gasteiger partial charge is 0.447 e. The summed E-state index contributed by atoms with van der Waals surface area (Å²) in [5, 5.41) is 1.29. The summed E-state index contributed by atoms with van der Waals surface area (Å²) in [4.78, 5) is 28.8. The number of hydrogen-bond donors (Lipinski definition) is 1. The lowest BCUT2D eigenvalue weighted by molar-refractivity contribution is -0.132. The maximum Gasteiger partial charge on any atom is 0.414 e. The number of cyclic esters (lactones) is 1. The smallest absolute Gasteiger partial charge is 0.414 e. The molecule has 208 valence electrons. The van der Waals surface area contributed by atoms with Crippen LogP contribution in [0.4, 0.5) is 10.5 Å². The molecule has 0 bridgehead atoms. The van der Waals surface area contributed by atoms with Crippen molar-refractivity contribution in [2.24, 2.45) is 5.73 Å². The van der Waals surface area contributed by atoms with Crippen LogP contribution in [0, 0.1) is 6.92 Å². The van der Waals surface area contributed by atoms with Gasteiger partial charge in [0.15, 0.2) is 0 Å². The summed E-state index contributed by atoms with van der Waals surface area (Å²) in [6, 6.07) is 16.1. The van der Waals surface area contributed by atoms with E-state index in [1.807, 2.05) is 29.2 Å². The number of piperidine rings is 1. The Morgan fingerprint density at radius 3 is 2.69 bits per heavy atom. The van der Waals surface area contributed by atoms with E-state index in [1.165, 1.54) is 22.2 Å². The van der Waals surface area contributed by atoms with Crippen molar-refractivity contribution in [2.45, 2.75) is 57.5 Å². The fourth-order valence-electron chi connectivity index (χ4n) is 6.23. The molecule has 0 radical (unpaired) electrons. The molecule has 2 fully saturated rings. The number of ether oxygens (including phenoxy) is 2. The monoisotopic (exact) mass is 532 g/mol. The summed E-state index contributed by atoms with van der Waals surface area (Å²) in [5.41, 5.74) is 12.3. The van der Waals surface area contributed by atoms with Crippen molar-refractivity contribution in [2.75, 3.05) is 44.9 Å². The third kappa shape index (κ3) is 5.97. The van der Waals surface area contributed by atoms with Gasteiger partial charge in [-0.2, -0.15) is 0 Å². The molecule has 2 atom stereocenters. The maximum absolute atomic E-state index is 13.4. The van der Waals surface area contributed by atoms with Gasteiger partial charge in [0.1, 0.15) is 6.61 Å². The van der Waals surface area contributed by atoms with Gasteiger partial charge in [0.05, 0.1) is 6.54 Å². The Morgan fingerprint density at radius 2 is 1.95 bits per heavy atom. The molecule has 2 saturated heterocycles. The van der Waals surface area contributed by atoms with Crippen molar-refractivity contribution < 1.29 is 19.1 Å². The topological polar surface area (TPSA) is 90.0 Å². The van der Waals surface area contributed by atoms with E-state index in [2.05, 4.69) is 35.8 Å². The van der Waals surface area contributed by atoms with Crippen LogP contribution in [0.3, 0.4) is 0 Å². The molecule has 8 heteroatoms. The molecule has 5 rings (SSSR count). The molecule has 2 aromatic carbocycles. The third-order valence-corrected chi connectivity index (χ3v) is 8.11. The molecule has 0 unspecified atom stereocenters. The number of methoxy groups -OCH3 is 1. The Bertz CT molecular complexity index is 1300. The predicted molar refractivity (Wildman–Crippen MR) is 153 cm³/mol. The predicted octanol–water partition coefficient (Wildman–Crippen LogP) is 4.61. The van der Waals surface area contributed by atoms with E-state index in [4.69, 9.17) is 15.2 Å². The summed E-state index contributed by atoms with van der Waals surface area (Å²) >= 11 is 0. The molecule has 8 nitrogen and oxygen atoms in total. The molecule has 3 aromatic rings. The number of fused-ring (bicyclic) bond motifs is 1. The van der Waals surface area contributed by atoms with E-state index >= 15 is 0 Å². The minimum atomic E-state index is -0.310. The van der Waals surface area contributed by atoms with Gasteiger partial charge >= 0.3 is 6.09 Å². The van der Waals surface area contributed by atoms with E-state index in [1.54, 1.807) is 12.0 Å². The number of aromatic nitrogens is 1. The zero-order valence-electron chi connectivity index (χ0n) is 23.1. The summed E-state index contributed by atoms with van der Waals surface area (Å²) in [7, 11) is 1.75. The fourth-order valence-corrected chi connectivity index (χ4v) is 6.23. The van der Waals surface area contributed by atoms with Gasteiger partial charge < -0.3 is 24.7 Å². The maximum atomic E-state index is 13.4. The highest BCUT2D eigenvalue weighted by molar-refractivity contribution is 5.89. The lowest BCUT2D eigenvalue weighted by Crippen LogP contribution is -2.42. The standard InChI is InChI=1S/C31H40N4O4/c1-22-27-8-3-4-9-28(27)35(15-6-17-38-2)30(22)24-7-5-14-33(21-24)29(36)20-25(32)19-23-10-12-26(13-11-23)34-16-18-39-31(34)37/h3-4,8-13,24-25H,5-7,14-21,32H2,1-2H3/t24-,25-/m1/s1. The third-order valence-electron chi connectivity index (χ3n) is 8.11. The van der Waals surface area contributed by atoms with Crippen LogP contribution in [0.15, 0.2) is 48.5 Å². The first-order valence-electron chi connectivity index (χ1n) is 14.1. The second-order valence-corrected chi connectivity index (χ2v) is 10.8. The van der Waals surface area contributed by atoms with Crippen LogP contribution in [0.25, 0.3) is 10.9 Å². The molecule has 0 spiro atoms. The number of aryl methyl sites for hydroxylation is 2. The number of nitrogens with zero attached hydrogens (tertiary/aromatic N) is 3. The minimum Gasteiger partial charge on any atom is -0.447 e. The molecule has 3 heterocycles. The van der Waals surface area contributed by atoms with E-state index in [-0.39, 0.29) is 18.0 Å². The second kappa shape index (κ2) is 12.2. The van der Waals surface area contributed by atoms with Gasteiger partial charge in [0, 0.05) is 74.0 Å². The number of rotatable bonds is 10. The molecule has 1 aromatic heterocycles. The lowest BCUT2D eigenvalue weighted by Gasteiger charge is -2.34.